The van der Waals surface area contributed by atoms with E-state index in [1.54, 1.807) is 0 Å². The molecule has 0 aliphatic heterocycles. The third-order valence-electron chi connectivity index (χ3n) is 5.29. The van der Waals surface area contributed by atoms with E-state index in [1.165, 1.54) is 42.1 Å². The molecule has 0 saturated heterocycles. The monoisotopic (exact) mass is 489 g/mol. The predicted octanol–water partition coefficient (Wildman–Crippen LogP) is 3.36. The van der Waals surface area contributed by atoms with Gasteiger partial charge in [0.15, 0.2) is 5.65 Å². The Kier molecular flexibility index (Phi) is 6.31. The molecule has 2 aromatic carbocycles. The summed E-state index contributed by atoms with van der Waals surface area (Å²) in [5.74, 6) is -6.86. The van der Waals surface area contributed by atoms with Crippen LogP contribution in [0.1, 0.15) is 22.0 Å². The van der Waals surface area contributed by atoms with Crippen LogP contribution in [-0.2, 0) is 0 Å². The van der Waals surface area contributed by atoms with Crippen molar-refractivity contribution in [1.29, 1.82) is 0 Å². The van der Waals surface area contributed by atoms with E-state index in [2.05, 4.69) is 10.1 Å². The first-order valence-electron chi connectivity index (χ1n) is 10.2. The quantitative estimate of drug-likeness (QED) is 0.343. The van der Waals surface area contributed by atoms with Crippen molar-refractivity contribution in [2.45, 2.75) is 12.0 Å². The highest BCUT2D eigenvalue weighted by molar-refractivity contribution is 5.98. The lowest BCUT2D eigenvalue weighted by atomic mass is 10.0. The van der Waals surface area contributed by atoms with E-state index in [4.69, 9.17) is 10.5 Å². The fraction of sp³-hybridized carbons (Fsp3) is 0.174. The second kappa shape index (κ2) is 9.22. The van der Waals surface area contributed by atoms with Gasteiger partial charge < -0.3 is 20.9 Å². The van der Waals surface area contributed by atoms with Crippen molar-refractivity contribution in [1.82, 2.24) is 19.9 Å². The maximum Gasteiger partial charge on any atom is 0.294 e. The number of nitrogens with one attached hydrogen (secondary N) is 1. The molecule has 0 aliphatic carbocycles. The second-order valence-electron chi connectivity index (χ2n) is 7.59. The van der Waals surface area contributed by atoms with Gasteiger partial charge in [0.1, 0.15) is 29.1 Å². The Bertz CT molecular complexity index is 1390. The Morgan fingerprint density at radius 3 is 2.60 bits per heavy atom. The zero-order valence-corrected chi connectivity index (χ0v) is 18.2. The summed E-state index contributed by atoms with van der Waals surface area (Å²) < 4.78 is 64.0. The lowest BCUT2D eigenvalue weighted by Crippen LogP contribution is -2.41. The van der Waals surface area contributed by atoms with Gasteiger partial charge >= 0.3 is 0 Å². The van der Waals surface area contributed by atoms with Crippen molar-refractivity contribution in [3.8, 4) is 16.9 Å². The van der Waals surface area contributed by atoms with E-state index in [9.17, 15) is 23.1 Å². The second-order valence-corrected chi connectivity index (χ2v) is 7.59. The normalized spacial score (nSPS) is 12.5. The molecular formula is C23H19F4N5O3. The van der Waals surface area contributed by atoms with Gasteiger partial charge in [-0.25, -0.2) is 22.1 Å². The summed E-state index contributed by atoms with van der Waals surface area (Å²) in [6, 6.07) is 9.53. The molecule has 4 N–H and O–H groups in total. The van der Waals surface area contributed by atoms with E-state index in [0.717, 1.165) is 24.3 Å². The molecule has 4 aromatic rings. The number of aliphatic hydroxyl groups is 1. The van der Waals surface area contributed by atoms with Crippen molar-refractivity contribution in [2.24, 2.45) is 0 Å². The maximum absolute atomic E-state index is 15.5. The number of carbonyl (C=O) groups excluding carboxylic acids is 1. The lowest BCUT2D eigenvalue weighted by molar-refractivity contribution is -0.106. The van der Waals surface area contributed by atoms with Crippen molar-refractivity contribution in [3.05, 3.63) is 77.5 Å². The molecule has 1 amide bonds. The molecule has 0 fully saturated rings. The Morgan fingerprint density at radius 1 is 1.20 bits per heavy atom. The summed E-state index contributed by atoms with van der Waals surface area (Å²) in [5, 5.41) is 15.9. The number of hydrogen-bond acceptors (Lipinski definition) is 6. The number of anilines is 1. The molecular weight excluding hydrogens is 470 g/mol. The molecule has 0 spiro atoms. The SMILES string of the molecule is COc1ccc(-c2ccn3nc(N)nc3c2)c(F)c1C(=O)NCC(F)(F)C(O)c1ccc(F)cc1. The highest BCUT2D eigenvalue weighted by Crippen LogP contribution is 2.33. The largest absolute Gasteiger partial charge is 0.496 e. The van der Waals surface area contributed by atoms with Gasteiger partial charge in [0.05, 0.1) is 13.7 Å². The van der Waals surface area contributed by atoms with Crippen LogP contribution in [0.2, 0.25) is 0 Å². The highest BCUT2D eigenvalue weighted by atomic mass is 19.3. The number of nitrogens with zero attached hydrogens (tertiary/aromatic N) is 3. The number of alkyl halides is 2. The molecule has 1 unspecified atom stereocenters. The lowest BCUT2D eigenvalue weighted by Gasteiger charge is -2.23. The number of pyridine rings is 1. The fourth-order valence-corrected chi connectivity index (χ4v) is 3.50. The van der Waals surface area contributed by atoms with Crippen molar-refractivity contribution >= 4 is 17.5 Å². The minimum atomic E-state index is -3.84. The summed E-state index contributed by atoms with van der Waals surface area (Å²) in [6.45, 7) is -1.32. The molecule has 35 heavy (non-hydrogen) atoms. The number of carbonyl (C=O) groups is 1. The van der Waals surface area contributed by atoms with Crippen LogP contribution in [-0.4, -0.2) is 45.2 Å². The Hall–Kier alpha value is -4.19. The molecule has 2 heterocycles. The summed E-state index contributed by atoms with van der Waals surface area (Å²) in [4.78, 5) is 16.8. The molecule has 2 aromatic heterocycles. The minimum Gasteiger partial charge on any atom is -0.496 e. The molecule has 0 saturated carbocycles. The van der Waals surface area contributed by atoms with Crippen molar-refractivity contribution < 1.29 is 32.2 Å². The summed E-state index contributed by atoms with van der Waals surface area (Å²) in [5.41, 5.74) is 5.36. The molecule has 1 atom stereocenters. The zero-order valence-electron chi connectivity index (χ0n) is 18.2. The van der Waals surface area contributed by atoms with Crippen LogP contribution in [0.15, 0.2) is 54.7 Å². The number of amides is 1. The highest BCUT2D eigenvalue weighted by Gasteiger charge is 2.40. The Balaban J connectivity index is 1.60. The number of aromatic nitrogens is 3. The van der Waals surface area contributed by atoms with Gasteiger partial charge in [-0.2, -0.15) is 4.98 Å². The van der Waals surface area contributed by atoms with E-state index in [1.807, 2.05) is 5.32 Å². The molecule has 0 aliphatic rings. The third kappa shape index (κ3) is 4.73. The summed E-state index contributed by atoms with van der Waals surface area (Å²) in [6.07, 6.45) is -0.835. The number of aliphatic hydroxyl groups excluding tert-OH is 1. The molecule has 0 bridgehead atoms. The summed E-state index contributed by atoms with van der Waals surface area (Å²) in [7, 11) is 1.20. The standard InChI is InChI=1S/C23H19F4N5O3/c1-35-16-7-6-15(13-8-9-32-17(10-13)30-22(28)31-32)19(25)18(16)21(34)29-11-23(26,27)20(33)12-2-4-14(24)5-3-12/h2-10,20,33H,11H2,1H3,(H2,28,31)(H,29,34). The minimum absolute atomic E-state index is 0.0150. The van der Waals surface area contributed by atoms with Gasteiger partial charge in [0.25, 0.3) is 11.8 Å². The van der Waals surface area contributed by atoms with E-state index < -0.39 is 41.7 Å². The van der Waals surface area contributed by atoms with Gasteiger partial charge in [-0.1, -0.05) is 12.1 Å². The van der Waals surface area contributed by atoms with Gasteiger partial charge in [-0.3, -0.25) is 4.79 Å². The Labute approximate surface area is 196 Å². The third-order valence-corrected chi connectivity index (χ3v) is 5.29. The number of hydrogen-bond donors (Lipinski definition) is 3. The number of benzene rings is 2. The van der Waals surface area contributed by atoms with Crippen LogP contribution < -0.4 is 15.8 Å². The van der Waals surface area contributed by atoms with Crippen LogP contribution in [0.4, 0.5) is 23.5 Å². The van der Waals surface area contributed by atoms with Crippen molar-refractivity contribution in [3.63, 3.8) is 0 Å². The van der Waals surface area contributed by atoms with Crippen molar-refractivity contribution in [2.75, 3.05) is 19.4 Å². The number of nitrogens with two attached hydrogens (primary N) is 1. The maximum atomic E-state index is 15.5. The number of fused-ring (bicyclic) bond motifs is 1. The van der Waals surface area contributed by atoms with E-state index in [-0.39, 0.29) is 22.8 Å². The van der Waals surface area contributed by atoms with Gasteiger partial charge in [0, 0.05) is 11.8 Å². The fourth-order valence-electron chi connectivity index (χ4n) is 3.50. The van der Waals surface area contributed by atoms with Gasteiger partial charge in [0.2, 0.25) is 5.95 Å². The Morgan fingerprint density at radius 2 is 1.91 bits per heavy atom. The van der Waals surface area contributed by atoms with Crippen LogP contribution in [0, 0.1) is 11.6 Å². The summed E-state index contributed by atoms with van der Waals surface area (Å²) >= 11 is 0. The molecule has 8 nitrogen and oxygen atoms in total. The van der Waals surface area contributed by atoms with E-state index in [0.29, 0.717) is 11.2 Å². The van der Waals surface area contributed by atoms with Crippen LogP contribution in [0.3, 0.4) is 0 Å². The van der Waals surface area contributed by atoms with Crippen LogP contribution in [0.25, 0.3) is 16.8 Å². The number of halogens is 4. The van der Waals surface area contributed by atoms with Gasteiger partial charge in [-0.05, 0) is 47.5 Å². The molecule has 182 valence electrons. The smallest absolute Gasteiger partial charge is 0.294 e. The average Bonchev–Trinajstić information content (AvgIpc) is 3.21. The van der Waals surface area contributed by atoms with Crippen LogP contribution in [0.5, 0.6) is 5.75 Å². The number of rotatable bonds is 7. The first kappa shape index (κ1) is 24.0. The molecule has 0 radical (unpaired) electrons. The average molecular weight is 489 g/mol. The zero-order chi connectivity index (χ0) is 25.3. The van der Waals surface area contributed by atoms with E-state index >= 15 is 4.39 Å². The number of nitrogen functional groups attached to an aromatic ring is 1. The molecule has 12 heteroatoms. The molecule has 4 rings (SSSR count). The first-order valence-corrected chi connectivity index (χ1v) is 10.2. The van der Waals surface area contributed by atoms with Crippen LogP contribution >= 0.6 is 0 Å². The number of methoxy groups -OCH3 is 1. The van der Waals surface area contributed by atoms with Gasteiger partial charge in [-0.15, -0.1) is 5.10 Å². The predicted molar refractivity (Wildman–Crippen MR) is 118 cm³/mol. The number of ether oxygens (including phenoxy) is 1. The topological polar surface area (TPSA) is 115 Å². The first-order chi connectivity index (χ1) is 16.6.